The zero-order valence-electron chi connectivity index (χ0n) is 20.0. The monoisotopic (exact) mass is 493 g/mol. The summed E-state index contributed by atoms with van der Waals surface area (Å²) in [5, 5.41) is 6.69. The van der Waals surface area contributed by atoms with E-state index in [0.29, 0.717) is 36.1 Å². The Bertz CT molecular complexity index is 1370. The van der Waals surface area contributed by atoms with Gasteiger partial charge in [-0.15, -0.1) is 0 Å². The summed E-state index contributed by atoms with van der Waals surface area (Å²) in [6.07, 6.45) is 2.75. The molecule has 0 bridgehead atoms. The van der Waals surface area contributed by atoms with Crippen LogP contribution in [0.1, 0.15) is 26.5 Å². The molecule has 1 unspecified atom stereocenters. The molecule has 3 saturated heterocycles. The Morgan fingerprint density at radius 2 is 2.00 bits per heavy atom. The minimum absolute atomic E-state index is 0.204. The van der Waals surface area contributed by atoms with Crippen molar-refractivity contribution in [2.75, 3.05) is 30.4 Å². The van der Waals surface area contributed by atoms with Gasteiger partial charge in [-0.05, 0) is 32.4 Å². The topological polar surface area (TPSA) is 131 Å². The maximum absolute atomic E-state index is 6.48. The van der Waals surface area contributed by atoms with Crippen LogP contribution in [0.4, 0.5) is 11.8 Å². The predicted octanol–water partition coefficient (Wildman–Crippen LogP) is 2.70. The van der Waals surface area contributed by atoms with Gasteiger partial charge < -0.3 is 34.0 Å². The number of fused-ring (bicyclic) bond motifs is 3. The van der Waals surface area contributed by atoms with Gasteiger partial charge in [-0.2, -0.15) is 4.98 Å². The van der Waals surface area contributed by atoms with Gasteiger partial charge in [0.15, 0.2) is 34.6 Å². The molecule has 2 N–H and O–H groups in total. The summed E-state index contributed by atoms with van der Waals surface area (Å²) in [6.45, 7) is 5.64. The zero-order valence-corrected chi connectivity index (χ0v) is 20.0. The van der Waals surface area contributed by atoms with Crippen molar-refractivity contribution in [3.05, 3.63) is 36.9 Å². The molecule has 12 nitrogen and oxygen atoms in total. The average Bonchev–Trinajstić information content (AvgIpc) is 3.66. The summed E-state index contributed by atoms with van der Waals surface area (Å²) in [4.78, 5) is 18.0. The van der Waals surface area contributed by atoms with E-state index in [1.807, 2.05) is 42.7 Å². The van der Waals surface area contributed by atoms with E-state index < -0.39 is 12.0 Å². The molecular formula is C24H27N7O5. The van der Waals surface area contributed by atoms with Crippen LogP contribution in [0.5, 0.6) is 0 Å². The summed E-state index contributed by atoms with van der Waals surface area (Å²) in [6, 6.07) is 8.28. The molecule has 6 heterocycles. The van der Waals surface area contributed by atoms with Crippen molar-refractivity contribution in [2.24, 2.45) is 0 Å². The largest absolute Gasteiger partial charge is 0.424 e. The average molecular weight is 494 g/mol. The number of benzene rings is 1. The second kappa shape index (κ2) is 8.37. The van der Waals surface area contributed by atoms with E-state index in [-0.39, 0.29) is 24.4 Å². The Kier molecular flexibility index (Phi) is 5.10. The number of anilines is 2. The van der Waals surface area contributed by atoms with Crippen molar-refractivity contribution in [1.29, 1.82) is 0 Å². The van der Waals surface area contributed by atoms with Crippen molar-refractivity contribution >= 4 is 34.1 Å². The van der Waals surface area contributed by atoms with E-state index in [2.05, 4.69) is 30.6 Å². The maximum atomic E-state index is 6.48. The first-order valence-electron chi connectivity index (χ1n) is 12.2. The molecule has 1 aromatic carbocycles. The smallest absolute Gasteiger partial charge is 0.295 e. The van der Waals surface area contributed by atoms with Crippen LogP contribution in [0, 0.1) is 0 Å². The number of aromatic nitrogens is 5. The second-order valence-corrected chi connectivity index (χ2v) is 9.75. The molecule has 7 rings (SSSR count). The van der Waals surface area contributed by atoms with E-state index >= 15 is 0 Å². The van der Waals surface area contributed by atoms with Crippen molar-refractivity contribution < 1.29 is 23.4 Å². The molecule has 3 aromatic heterocycles. The van der Waals surface area contributed by atoms with Gasteiger partial charge in [0.05, 0.1) is 19.0 Å². The Morgan fingerprint density at radius 3 is 2.86 bits per heavy atom. The highest BCUT2D eigenvalue weighted by atomic mass is 16.8. The Balaban J connectivity index is 1.15. The number of para-hydroxylation sites is 2. The Morgan fingerprint density at radius 1 is 1.11 bits per heavy atom. The quantitative estimate of drug-likeness (QED) is 0.411. The number of rotatable bonds is 6. The molecule has 3 fully saturated rings. The van der Waals surface area contributed by atoms with Crippen molar-refractivity contribution in [3.63, 3.8) is 0 Å². The number of oxazole rings is 1. The minimum Gasteiger partial charge on any atom is -0.424 e. The van der Waals surface area contributed by atoms with Gasteiger partial charge in [-0.1, -0.05) is 12.1 Å². The third kappa shape index (κ3) is 3.77. The lowest BCUT2D eigenvalue weighted by Gasteiger charge is -2.24. The Labute approximate surface area is 206 Å². The molecule has 3 aliphatic rings. The van der Waals surface area contributed by atoms with Gasteiger partial charge >= 0.3 is 0 Å². The third-order valence-corrected chi connectivity index (χ3v) is 6.78. The minimum atomic E-state index is -0.742. The second-order valence-electron chi connectivity index (χ2n) is 9.75. The normalized spacial score (nSPS) is 29.2. The first kappa shape index (κ1) is 21.9. The van der Waals surface area contributed by atoms with Gasteiger partial charge in [0.1, 0.15) is 30.2 Å². The van der Waals surface area contributed by atoms with Gasteiger partial charge in [-0.3, -0.25) is 4.57 Å². The number of hydrogen-bond donors (Lipinski definition) is 2. The first-order chi connectivity index (χ1) is 17.5. The van der Waals surface area contributed by atoms with Gasteiger partial charge in [0.2, 0.25) is 0 Å². The molecule has 0 saturated carbocycles. The van der Waals surface area contributed by atoms with Crippen LogP contribution in [-0.4, -0.2) is 74.4 Å². The highest BCUT2D eigenvalue weighted by Crippen LogP contribution is 2.44. The third-order valence-electron chi connectivity index (χ3n) is 6.78. The lowest BCUT2D eigenvalue weighted by Crippen LogP contribution is -2.34. The van der Waals surface area contributed by atoms with Crippen LogP contribution in [0.3, 0.4) is 0 Å². The SMILES string of the molecule is CC1(C)O[C@@H]2[C@H](O1)[C@@H](CNc1nc3ccccc3o1)O[C@H]2n1cnc2c(NC3CCOC3)ncnc21. The molecule has 0 spiro atoms. The first-order valence-corrected chi connectivity index (χ1v) is 12.2. The van der Waals surface area contributed by atoms with Crippen LogP contribution in [0.25, 0.3) is 22.3 Å². The predicted molar refractivity (Wildman–Crippen MR) is 128 cm³/mol. The molecule has 0 radical (unpaired) electrons. The van der Waals surface area contributed by atoms with Crippen molar-refractivity contribution in [1.82, 2.24) is 24.5 Å². The fourth-order valence-electron chi connectivity index (χ4n) is 5.17. The molecule has 4 aromatic rings. The Hall–Kier alpha value is -3.32. The van der Waals surface area contributed by atoms with Crippen LogP contribution in [0.2, 0.25) is 0 Å². The van der Waals surface area contributed by atoms with Crippen LogP contribution >= 0.6 is 0 Å². The van der Waals surface area contributed by atoms with Gasteiger partial charge in [0.25, 0.3) is 6.01 Å². The maximum Gasteiger partial charge on any atom is 0.295 e. The standard InChI is InChI=1S/C24H27N7O5/c1-24(2)35-18-16(9-25-23-30-14-5-3-4-6-15(14)34-23)33-22(19(18)36-24)31-12-28-17-20(26-11-27-21(17)31)29-13-7-8-32-10-13/h3-6,11-13,16,18-19,22H,7-10H2,1-2H3,(H,25,30)(H,26,27,29)/t13?,16-,18-,19-,22-/m1/s1. The number of hydrogen-bond acceptors (Lipinski definition) is 11. The van der Waals surface area contributed by atoms with Crippen LogP contribution < -0.4 is 10.6 Å². The van der Waals surface area contributed by atoms with E-state index in [1.165, 1.54) is 6.33 Å². The van der Waals surface area contributed by atoms with Crippen molar-refractivity contribution in [3.8, 4) is 0 Å². The number of ether oxygens (including phenoxy) is 4. The number of nitrogens with one attached hydrogen (secondary N) is 2. The van der Waals surface area contributed by atoms with E-state index in [9.17, 15) is 0 Å². The highest BCUT2D eigenvalue weighted by Gasteiger charge is 2.56. The van der Waals surface area contributed by atoms with E-state index in [0.717, 1.165) is 24.1 Å². The molecule has 36 heavy (non-hydrogen) atoms. The molecule has 3 aliphatic heterocycles. The van der Waals surface area contributed by atoms with Gasteiger partial charge in [-0.25, -0.2) is 15.0 Å². The summed E-state index contributed by atoms with van der Waals surface area (Å²) in [5.74, 6) is -0.0600. The van der Waals surface area contributed by atoms with Gasteiger partial charge in [0, 0.05) is 13.2 Å². The number of nitrogens with zero attached hydrogens (tertiary/aromatic N) is 5. The summed E-state index contributed by atoms with van der Waals surface area (Å²) < 4.78 is 32.2. The number of imidazole rings is 1. The fourth-order valence-corrected chi connectivity index (χ4v) is 5.17. The highest BCUT2D eigenvalue weighted by molar-refractivity contribution is 5.83. The summed E-state index contributed by atoms with van der Waals surface area (Å²) in [5.41, 5.74) is 2.86. The van der Waals surface area contributed by atoms with E-state index in [1.54, 1.807) is 6.33 Å². The molecule has 0 aliphatic carbocycles. The lowest BCUT2D eigenvalue weighted by molar-refractivity contribution is -0.194. The molecule has 0 amide bonds. The molecule has 12 heteroatoms. The van der Waals surface area contributed by atoms with Crippen LogP contribution in [0.15, 0.2) is 41.3 Å². The lowest BCUT2D eigenvalue weighted by atomic mass is 10.1. The zero-order chi connectivity index (χ0) is 24.3. The molecular weight excluding hydrogens is 466 g/mol. The molecule has 5 atom stereocenters. The summed E-state index contributed by atoms with van der Waals surface area (Å²) in [7, 11) is 0. The molecule has 188 valence electrons. The summed E-state index contributed by atoms with van der Waals surface area (Å²) >= 11 is 0. The van der Waals surface area contributed by atoms with E-state index in [4.69, 9.17) is 23.4 Å². The fraction of sp³-hybridized carbons (Fsp3) is 0.500. The van der Waals surface area contributed by atoms with Crippen molar-refractivity contribution in [2.45, 2.75) is 56.6 Å². The van der Waals surface area contributed by atoms with Crippen LogP contribution in [-0.2, 0) is 18.9 Å².